The quantitative estimate of drug-likeness (QED) is 0.656. The van der Waals surface area contributed by atoms with Crippen molar-refractivity contribution in [1.29, 1.82) is 0 Å². The predicted molar refractivity (Wildman–Crippen MR) is 82.9 cm³/mol. The Kier molecular flexibility index (Phi) is 5.17. The summed E-state index contributed by atoms with van der Waals surface area (Å²) < 4.78 is 18.6. The van der Waals surface area contributed by atoms with Crippen LogP contribution in [0.1, 0.15) is 22.7 Å². The number of ether oxygens (including phenoxy) is 1. The van der Waals surface area contributed by atoms with Gasteiger partial charge in [-0.3, -0.25) is 11.3 Å². The van der Waals surface area contributed by atoms with Gasteiger partial charge in [0.15, 0.2) is 11.6 Å². The number of hydrogen-bond donors (Lipinski definition) is 2. The van der Waals surface area contributed by atoms with Gasteiger partial charge in [0.05, 0.1) is 13.2 Å². The van der Waals surface area contributed by atoms with Crippen molar-refractivity contribution >= 4 is 11.6 Å². The average Bonchev–Trinajstić information content (AvgIpc) is 2.45. The van der Waals surface area contributed by atoms with Gasteiger partial charge in [-0.1, -0.05) is 29.8 Å². The number of nitrogens with one attached hydrogen (secondary N) is 1. The van der Waals surface area contributed by atoms with E-state index in [1.165, 1.54) is 13.2 Å². The van der Waals surface area contributed by atoms with E-state index in [1.54, 1.807) is 6.07 Å². The molecule has 3 nitrogen and oxygen atoms in total. The molecule has 2 aromatic carbocycles. The minimum Gasteiger partial charge on any atom is -0.494 e. The van der Waals surface area contributed by atoms with E-state index in [2.05, 4.69) is 5.43 Å². The molecule has 5 heteroatoms. The molecule has 21 heavy (non-hydrogen) atoms. The summed E-state index contributed by atoms with van der Waals surface area (Å²) >= 11 is 6.26. The molecule has 2 rings (SSSR count). The lowest BCUT2D eigenvalue weighted by Gasteiger charge is -2.18. The van der Waals surface area contributed by atoms with Crippen LogP contribution >= 0.6 is 11.6 Å². The third kappa shape index (κ3) is 3.73. The van der Waals surface area contributed by atoms with Crippen LogP contribution in [-0.4, -0.2) is 7.11 Å². The van der Waals surface area contributed by atoms with E-state index in [0.717, 1.165) is 16.7 Å². The highest BCUT2D eigenvalue weighted by Gasteiger charge is 2.15. The van der Waals surface area contributed by atoms with E-state index >= 15 is 0 Å². The molecule has 2 aromatic rings. The Hall–Kier alpha value is -1.62. The van der Waals surface area contributed by atoms with Crippen molar-refractivity contribution in [3.63, 3.8) is 0 Å². The summed E-state index contributed by atoms with van der Waals surface area (Å²) in [6.45, 7) is 1.97. The molecule has 0 aromatic heterocycles. The smallest absolute Gasteiger partial charge is 0.165 e. The molecule has 0 saturated heterocycles. The zero-order valence-electron chi connectivity index (χ0n) is 12.0. The first-order valence-corrected chi connectivity index (χ1v) is 6.97. The molecule has 0 aliphatic heterocycles. The van der Waals surface area contributed by atoms with Crippen LogP contribution in [0.4, 0.5) is 4.39 Å². The summed E-state index contributed by atoms with van der Waals surface area (Å²) in [6, 6.07) is 10.5. The maximum atomic E-state index is 13.7. The summed E-state index contributed by atoms with van der Waals surface area (Å²) in [4.78, 5) is 0. The van der Waals surface area contributed by atoms with Crippen LogP contribution in [0.3, 0.4) is 0 Å². The third-order valence-electron chi connectivity index (χ3n) is 3.39. The van der Waals surface area contributed by atoms with Gasteiger partial charge in [0.25, 0.3) is 0 Å². The van der Waals surface area contributed by atoms with Gasteiger partial charge in [-0.05, 0) is 48.2 Å². The topological polar surface area (TPSA) is 47.3 Å². The van der Waals surface area contributed by atoms with E-state index in [1.807, 2.05) is 31.2 Å². The van der Waals surface area contributed by atoms with Gasteiger partial charge in [0.1, 0.15) is 0 Å². The second-order valence-electron chi connectivity index (χ2n) is 4.92. The molecule has 3 N–H and O–H groups in total. The fourth-order valence-corrected chi connectivity index (χ4v) is 2.61. The molecular formula is C16H18ClFN2O. The van der Waals surface area contributed by atoms with Gasteiger partial charge < -0.3 is 4.74 Å². The molecule has 1 atom stereocenters. The zero-order valence-corrected chi connectivity index (χ0v) is 12.7. The van der Waals surface area contributed by atoms with Crippen molar-refractivity contribution in [3.8, 4) is 5.75 Å². The molecular weight excluding hydrogens is 291 g/mol. The molecule has 0 radical (unpaired) electrons. The van der Waals surface area contributed by atoms with Crippen LogP contribution in [0.15, 0.2) is 36.4 Å². The van der Waals surface area contributed by atoms with Crippen molar-refractivity contribution in [3.05, 3.63) is 63.9 Å². The third-order valence-corrected chi connectivity index (χ3v) is 3.72. The first kappa shape index (κ1) is 15.8. The van der Waals surface area contributed by atoms with Crippen LogP contribution in [0.5, 0.6) is 5.75 Å². The highest BCUT2D eigenvalue weighted by molar-refractivity contribution is 6.31. The molecule has 0 aliphatic rings. The van der Waals surface area contributed by atoms with Gasteiger partial charge in [0.2, 0.25) is 0 Å². The van der Waals surface area contributed by atoms with E-state index in [9.17, 15) is 4.39 Å². The van der Waals surface area contributed by atoms with Crippen molar-refractivity contribution in [2.45, 2.75) is 19.4 Å². The van der Waals surface area contributed by atoms with Gasteiger partial charge in [-0.2, -0.15) is 0 Å². The number of nitrogens with two attached hydrogens (primary N) is 1. The summed E-state index contributed by atoms with van der Waals surface area (Å²) in [7, 11) is 1.44. The lowest BCUT2D eigenvalue weighted by molar-refractivity contribution is 0.386. The number of hydrazine groups is 1. The fourth-order valence-electron chi connectivity index (χ4n) is 2.25. The van der Waals surface area contributed by atoms with Crippen LogP contribution in [0.2, 0.25) is 5.02 Å². The Morgan fingerprint density at radius 1 is 1.29 bits per heavy atom. The molecule has 1 unspecified atom stereocenters. The standard InChI is InChI=1S/C16H18ClFN2O/c1-10-3-5-12(13(17)7-10)15(20-19)9-11-4-6-16(21-2)14(18)8-11/h3-8,15,20H,9,19H2,1-2H3. The number of methoxy groups -OCH3 is 1. The van der Waals surface area contributed by atoms with Crippen LogP contribution in [-0.2, 0) is 6.42 Å². The van der Waals surface area contributed by atoms with E-state index in [0.29, 0.717) is 11.4 Å². The van der Waals surface area contributed by atoms with Crippen molar-refractivity contribution in [2.24, 2.45) is 5.84 Å². The number of halogens is 2. The minimum atomic E-state index is -0.388. The maximum absolute atomic E-state index is 13.7. The maximum Gasteiger partial charge on any atom is 0.165 e. The number of benzene rings is 2. The minimum absolute atomic E-state index is 0.189. The lowest BCUT2D eigenvalue weighted by Crippen LogP contribution is -2.29. The van der Waals surface area contributed by atoms with Crippen LogP contribution in [0.25, 0.3) is 0 Å². The van der Waals surface area contributed by atoms with Crippen molar-refractivity contribution in [2.75, 3.05) is 7.11 Å². The molecule has 0 fully saturated rings. The first-order chi connectivity index (χ1) is 10.0. The monoisotopic (exact) mass is 308 g/mol. The summed E-state index contributed by atoms with van der Waals surface area (Å²) in [5.74, 6) is 5.46. The highest BCUT2D eigenvalue weighted by atomic mass is 35.5. The fraction of sp³-hybridized carbons (Fsp3) is 0.250. The number of hydrogen-bond acceptors (Lipinski definition) is 3. The first-order valence-electron chi connectivity index (χ1n) is 6.59. The second-order valence-corrected chi connectivity index (χ2v) is 5.32. The summed E-state index contributed by atoms with van der Waals surface area (Å²) in [5.41, 5.74) is 5.52. The lowest BCUT2D eigenvalue weighted by atomic mass is 9.98. The van der Waals surface area contributed by atoms with E-state index in [-0.39, 0.29) is 17.6 Å². The molecule has 112 valence electrons. The Morgan fingerprint density at radius 3 is 2.62 bits per heavy atom. The Bertz CT molecular complexity index is 634. The van der Waals surface area contributed by atoms with Gasteiger partial charge >= 0.3 is 0 Å². The predicted octanol–water partition coefficient (Wildman–Crippen LogP) is 3.54. The SMILES string of the molecule is COc1ccc(CC(NN)c2ccc(C)cc2Cl)cc1F. The van der Waals surface area contributed by atoms with Gasteiger partial charge in [-0.15, -0.1) is 0 Å². The average molecular weight is 309 g/mol. The van der Waals surface area contributed by atoms with Crippen LogP contribution < -0.4 is 16.0 Å². The molecule has 0 bridgehead atoms. The Labute approximate surface area is 128 Å². The molecule has 0 saturated carbocycles. The molecule has 0 spiro atoms. The molecule has 0 heterocycles. The number of aryl methyl sites for hydroxylation is 1. The van der Waals surface area contributed by atoms with Crippen molar-refractivity contribution in [1.82, 2.24) is 5.43 Å². The summed E-state index contributed by atoms with van der Waals surface area (Å²) in [5, 5.41) is 0.645. The number of rotatable bonds is 5. The largest absolute Gasteiger partial charge is 0.494 e. The van der Waals surface area contributed by atoms with Crippen LogP contribution in [0, 0.1) is 12.7 Å². The molecule has 0 amide bonds. The van der Waals surface area contributed by atoms with Gasteiger partial charge in [0, 0.05) is 5.02 Å². The van der Waals surface area contributed by atoms with Gasteiger partial charge in [-0.25, -0.2) is 4.39 Å². The highest BCUT2D eigenvalue weighted by Crippen LogP contribution is 2.27. The Morgan fingerprint density at radius 2 is 2.05 bits per heavy atom. The summed E-state index contributed by atoms with van der Waals surface area (Å²) in [6.07, 6.45) is 0.528. The second kappa shape index (κ2) is 6.89. The van der Waals surface area contributed by atoms with Crippen molar-refractivity contribution < 1.29 is 9.13 Å². The van der Waals surface area contributed by atoms with E-state index in [4.69, 9.17) is 22.2 Å². The van der Waals surface area contributed by atoms with E-state index < -0.39 is 0 Å². The molecule has 0 aliphatic carbocycles. The zero-order chi connectivity index (χ0) is 15.4. The Balaban J connectivity index is 2.24. The normalized spacial score (nSPS) is 12.2.